The highest BCUT2D eigenvalue weighted by atomic mass is 19.1. The first kappa shape index (κ1) is 22.4. The number of nitrogens with one attached hydrogen (secondary N) is 2. The maximum Gasteiger partial charge on any atom is 0.234 e. The summed E-state index contributed by atoms with van der Waals surface area (Å²) in [5.41, 5.74) is 2.64. The summed E-state index contributed by atoms with van der Waals surface area (Å²) in [7, 11) is 1.89. The van der Waals surface area contributed by atoms with Crippen LogP contribution in [0.25, 0.3) is 11.3 Å². The standard InChI is InChI=1S/C23H26F2N4O2/c1-29(16-23(30)26-12-14-31-21-10-8-19(25)9-11-21)13-2-3-20-15-22(28-27-20)17-4-6-18(24)7-5-17/h4-11,15H,2-3,12-14,16H2,1H3,(H,26,30)(H,27,28). The Bertz CT molecular complexity index is 958. The molecule has 3 aromatic rings. The van der Waals surface area contributed by atoms with Gasteiger partial charge >= 0.3 is 0 Å². The topological polar surface area (TPSA) is 70.2 Å². The van der Waals surface area contributed by atoms with Gasteiger partial charge in [0, 0.05) is 11.3 Å². The molecule has 0 spiro atoms. The van der Waals surface area contributed by atoms with Crippen LogP contribution in [0.3, 0.4) is 0 Å². The Kier molecular flexibility index (Phi) is 8.12. The van der Waals surface area contributed by atoms with E-state index in [1.165, 1.54) is 24.3 Å². The average Bonchev–Trinajstić information content (AvgIpc) is 3.22. The first-order valence-electron chi connectivity index (χ1n) is 10.1. The van der Waals surface area contributed by atoms with Crippen molar-refractivity contribution in [1.29, 1.82) is 0 Å². The Morgan fingerprint density at radius 2 is 1.77 bits per heavy atom. The van der Waals surface area contributed by atoms with Crippen LogP contribution in [0.1, 0.15) is 12.1 Å². The average molecular weight is 428 g/mol. The van der Waals surface area contributed by atoms with Crippen molar-refractivity contribution < 1.29 is 18.3 Å². The van der Waals surface area contributed by atoms with Gasteiger partial charge in [0.05, 0.1) is 18.8 Å². The lowest BCUT2D eigenvalue weighted by atomic mass is 10.1. The van der Waals surface area contributed by atoms with Crippen molar-refractivity contribution in [3.63, 3.8) is 0 Å². The second-order valence-corrected chi connectivity index (χ2v) is 7.28. The van der Waals surface area contributed by atoms with E-state index >= 15 is 0 Å². The Labute approximate surface area is 180 Å². The minimum absolute atomic E-state index is 0.0784. The number of hydrogen-bond acceptors (Lipinski definition) is 4. The third-order valence-electron chi connectivity index (χ3n) is 4.68. The number of amides is 1. The Morgan fingerprint density at radius 3 is 2.48 bits per heavy atom. The molecule has 0 fully saturated rings. The minimum Gasteiger partial charge on any atom is -0.492 e. The monoisotopic (exact) mass is 428 g/mol. The second-order valence-electron chi connectivity index (χ2n) is 7.28. The summed E-state index contributed by atoms with van der Waals surface area (Å²) in [5, 5.41) is 10.1. The third-order valence-corrected chi connectivity index (χ3v) is 4.68. The van der Waals surface area contributed by atoms with Crippen molar-refractivity contribution >= 4 is 5.91 Å². The smallest absolute Gasteiger partial charge is 0.234 e. The molecule has 31 heavy (non-hydrogen) atoms. The summed E-state index contributed by atoms with van der Waals surface area (Å²) < 4.78 is 31.3. The molecular weight excluding hydrogens is 402 g/mol. The van der Waals surface area contributed by atoms with Crippen molar-refractivity contribution in [3.8, 4) is 17.0 Å². The van der Waals surface area contributed by atoms with Crippen molar-refractivity contribution in [3.05, 3.63) is 71.9 Å². The van der Waals surface area contributed by atoms with Gasteiger partial charge in [-0.05, 0) is 81.0 Å². The molecule has 0 bridgehead atoms. The zero-order valence-electron chi connectivity index (χ0n) is 17.4. The SMILES string of the molecule is CN(CCCc1cc(-c2ccc(F)cc2)n[nH]1)CC(=O)NCCOc1ccc(F)cc1. The van der Waals surface area contributed by atoms with Gasteiger partial charge in [0.1, 0.15) is 24.0 Å². The van der Waals surface area contributed by atoms with Gasteiger partial charge in [-0.2, -0.15) is 5.10 Å². The summed E-state index contributed by atoms with van der Waals surface area (Å²) >= 11 is 0. The normalized spacial score (nSPS) is 11.0. The van der Waals surface area contributed by atoms with Crippen LogP contribution in [-0.2, 0) is 11.2 Å². The fourth-order valence-corrected chi connectivity index (χ4v) is 3.07. The van der Waals surface area contributed by atoms with Crippen LogP contribution in [0.5, 0.6) is 5.75 Å². The molecule has 2 aromatic carbocycles. The van der Waals surface area contributed by atoms with Gasteiger partial charge in [0.15, 0.2) is 0 Å². The quantitative estimate of drug-likeness (QED) is 0.459. The molecule has 0 aliphatic carbocycles. The number of hydrogen-bond donors (Lipinski definition) is 2. The van der Waals surface area contributed by atoms with Crippen LogP contribution < -0.4 is 10.1 Å². The maximum absolute atomic E-state index is 13.0. The number of carbonyl (C=O) groups excluding carboxylic acids is 1. The predicted molar refractivity (Wildman–Crippen MR) is 115 cm³/mol. The fourth-order valence-electron chi connectivity index (χ4n) is 3.07. The van der Waals surface area contributed by atoms with E-state index in [9.17, 15) is 13.6 Å². The lowest BCUT2D eigenvalue weighted by Gasteiger charge is -2.16. The number of aromatic nitrogens is 2. The van der Waals surface area contributed by atoms with Crippen LogP contribution in [0.15, 0.2) is 54.6 Å². The highest BCUT2D eigenvalue weighted by molar-refractivity contribution is 5.77. The zero-order chi connectivity index (χ0) is 22.1. The minimum atomic E-state index is -0.315. The maximum atomic E-state index is 13.0. The van der Waals surface area contributed by atoms with E-state index in [0.29, 0.717) is 25.4 Å². The molecule has 1 aromatic heterocycles. The summed E-state index contributed by atoms with van der Waals surface area (Å²) in [4.78, 5) is 14.0. The number of likely N-dealkylation sites (N-methyl/N-ethyl adjacent to an activating group) is 1. The lowest BCUT2D eigenvalue weighted by Crippen LogP contribution is -2.37. The molecule has 0 atom stereocenters. The van der Waals surface area contributed by atoms with Crippen molar-refractivity contribution in [1.82, 2.24) is 20.4 Å². The highest BCUT2D eigenvalue weighted by Crippen LogP contribution is 2.18. The number of halogens is 2. The Morgan fingerprint density at radius 1 is 1.10 bits per heavy atom. The van der Waals surface area contributed by atoms with E-state index in [4.69, 9.17) is 4.74 Å². The van der Waals surface area contributed by atoms with Crippen LogP contribution in [0.2, 0.25) is 0 Å². The number of rotatable bonds is 11. The van der Waals surface area contributed by atoms with Crippen molar-refractivity contribution in [2.75, 3.05) is 33.3 Å². The van der Waals surface area contributed by atoms with E-state index in [1.54, 1.807) is 24.3 Å². The van der Waals surface area contributed by atoms with Gasteiger partial charge in [-0.1, -0.05) is 0 Å². The summed E-state index contributed by atoms with van der Waals surface area (Å²) in [6.45, 7) is 1.74. The molecule has 0 saturated heterocycles. The zero-order valence-corrected chi connectivity index (χ0v) is 17.4. The van der Waals surface area contributed by atoms with E-state index in [-0.39, 0.29) is 17.5 Å². The van der Waals surface area contributed by atoms with Gasteiger partial charge in [0.2, 0.25) is 5.91 Å². The molecule has 8 heteroatoms. The number of aromatic amines is 1. The third kappa shape index (κ3) is 7.49. The molecule has 6 nitrogen and oxygen atoms in total. The first-order valence-corrected chi connectivity index (χ1v) is 10.1. The van der Waals surface area contributed by atoms with Gasteiger partial charge in [-0.3, -0.25) is 14.8 Å². The molecule has 0 aliphatic rings. The number of nitrogens with zero attached hydrogens (tertiary/aromatic N) is 2. The Balaban J connectivity index is 1.30. The van der Waals surface area contributed by atoms with Crippen molar-refractivity contribution in [2.45, 2.75) is 12.8 Å². The molecule has 0 aliphatic heterocycles. The molecule has 0 unspecified atom stereocenters. The van der Waals surface area contributed by atoms with E-state index in [0.717, 1.165) is 36.3 Å². The molecule has 1 heterocycles. The molecule has 3 rings (SSSR count). The van der Waals surface area contributed by atoms with Crippen LogP contribution in [0.4, 0.5) is 8.78 Å². The molecule has 1 amide bonds. The largest absolute Gasteiger partial charge is 0.492 e. The molecular formula is C23H26F2N4O2. The van der Waals surface area contributed by atoms with E-state index < -0.39 is 0 Å². The fraction of sp³-hybridized carbons (Fsp3) is 0.304. The van der Waals surface area contributed by atoms with Gasteiger partial charge in [-0.25, -0.2) is 8.78 Å². The molecule has 164 valence electrons. The van der Waals surface area contributed by atoms with E-state index in [1.807, 2.05) is 18.0 Å². The van der Waals surface area contributed by atoms with Crippen molar-refractivity contribution in [2.24, 2.45) is 0 Å². The van der Waals surface area contributed by atoms with Crippen LogP contribution in [0, 0.1) is 11.6 Å². The van der Waals surface area contributed by atoms with Crippen LogP contribution in [-0.4, -0.2) is 54.3 Å². The second kappa shape index (κ2) is 11.2. The molecule has 2 N–H and O–H groups in total. The number of aryl methyl sites for hydroxylation is 1. The molecule has 0 saturated carbocycles. The Hall–Kier alpha value is -3.26. The summed E-state index contributed by atoms with van der Waals surface area (Å²) in [6, 6.07) is 13.9. The summed E-state index contributed by atoms with van der Waals surface area (Å²) in [5.74, 6) is -0.101. The first-order chi connectivity index (χ1) is 15.0. The summed E-state index contributed by atoms with van der Waals surface area (Å²) in [6.07, 6.45) is 1.66. The van der Waals surface area contributed by atoms with Gasteiger partial charge < -0.3 is 10.1 Å². The van der Waals surface area contributed by atoms with Gasteiger partial charge in [-0.15, -0.1) is 0 Å². The number of ether oxygens (including phenoxy) is 1. The number of H-pyrrole nitrogens is 1. The van der Waals surface area contributed by atoms with Gasteiger partial charge in [0.25, 0.3) is 0 Å². The number of benzene rings is 2. The van der Waals surface area contributed by atoms with E-state index in [2.05, 4.69) is 15.5 Å². The van der Waals surface area contributed by atoms with Crippen LogP contribution >= 0.6 is 0 Å². The molecule has 0 radical (unpaired) electrons. The predicted octanol–water partition coefficient (Wildman–Crippen LogP) is 3.41. The lowest BCUT2D eigenvalue weighted by molar-refractivity contribution is -0.122. The number of carbonyl (C=O) groups is 1. The highest BCUT2D eigenvalue weighted by Gasteiger charge is 2.08.